The standard InChI is InChI=1S/C13H11N3O3S/c1-19-13-5-10(16(17)18)2-3-12(13)15-7-11-4-9(6-14)8-20-11/h2-5,8,15H,7H2,1H3. The Balaban J connectivity index is 2.13. The predicted molar refractivity (Wildman–Crippen MR) is 76.0 cm³/mol. The van der Waals surface area contributed by atoms with E-state index in [0.717, 1.165) is 4.88 Å². The van der Waals surface area contributed by atoms with Crippen molar-refractivity contribution in [2.24, 2.45) is 0 Å². The lowest BCUT2D eigenvalue weighted by Crippen LogP contribution is -2.00. The van der Waals surface area contributed by atoms with Crippen molar-refractivity contribution in [2.45, 2.75) is 6.54 Å². The van der Waals surface area contributed by atoms with Crippen molar-refractivity contribution in [3.63, 3.8) is 0 Å². The van der Waals surface area contributed by atoms with Gasteiger partial charge in [-0.15, -0.1) is 11.3 Å². The van der Waals surface area contributed by atoms with Gasteiger partial charge in [-0.05, 0) is 12.1 Å². The maximum absolute atomic E-state index is 10.7. The van der Waals surface area contributed by atoms with E-state index in [2.05, 4.69) is 11.4 Å². The number of hydrogen-bond acceptors (Lipinski definition) is 6. The van der Waals surface area contributed by atoms with E-state index in [-0.39, 0.29) is 5.69 Å². The molecule has 1 heterocycles. The van der Waals surface area contributed by atoms with Crippen molar-refractivity contribution in [2.75, 3.05) is 12.4 Å². The van der Waals surface area contributed by atoms with Crippen molar-refractivity contribution in [1.82, 2.24) is 0 Å². The molecule has 102 valence electrons. The van der Waals surface area contributed by atoms with Crippen LogP contribution in [0.4, 0.5) is 11.4 Å². The first-order valence-corrected chi connectivity index (χ1v) is 6.56. The van der Waals surface area contributed by atoms with Crippen molar-refractivity contribution in [3.05, 3.63) is 50.2 Å². The molecule has 1 aromatic heterocycles. The summed E-state index contributed by atoms with van der Waals surface area (Å²) < 4.78 is 5.14. The molecule has 2 aromatic rings. The fraction of sp³-hybridized carbons (Fsp3) is 0.154. The van der Waals surface area contributed by atoms with Crippen LogP contribution in [-0.4, -0.2) is 12.0 Å². The third-order valence-electron chi connectivity index (χ3n) is 2.63. The summed E-state index contributed by atoms with van der Waals surface area (Å²) in [6.45, 7) is 0.528. The van der Waals surface area contributed by atoms with Crippen molar-refractivity contribution in [3.8, 4) is 11.8 Å². The number of benzene rings is 1. The lowest BCUT2D eigenvalue weighted by Gasteiger charge is -2.09. The van der Waals surface area contributed by atoms with Crippen LogP contribution in [0.1, 0.15) is 10.4 Å². The molecule has 0 saturated carbocycles. The van der Waals surface area contributed by atoms with Gasteiger partial charge in [0.15, 0.2) is 0 Å². The van der Waals surface area contributed by atoms with E-state index in [9.17, 15) is 10.1 Å². The molecule has 20 heavy (non-hydrogen) atoms. The van der Waals surface area contributed by atoms with E-state index >= 15 is 0 Å². The Bertz CT molecular complexity index is 676. The molecule has 0 aliphatic heterocycles. The second kappa shape index (κ2) is 6.04. The zero-order valence-corrected chi connectivity index (χ0v) is 11.4. The Morgan fingerprint density at radius 3 is 2.90 bits per heavy atom. The summed E-state index contributed by atoms with van der Waals surface area (Å²) in [6.07, 6.45) is 0. The van der Waals surface area contributed by atoms with Gasteiger partial charge in [-0.2, -0.15) is 5.26 Å². The summed E-state index contributed by atoms with van der Waals surface area (Å²) >= 11 is 1.48. The highest BCUT2D eigenvalue weighted by Crippen LogP contribution is 2.29. The van der Waals surface area contributed by atoms with Gasteiger partial charge in [0.05, 0.1) is 29.4 Å². The maximum Gasteiger partial charge on any atom is 0.273 e. The van der Waals surface area contributed by atoms with Gasteiger partial charge in [-0.1, -0.05) is 0 Å². The first kappa shape index (κ1) is 13.8. The number of rotatable bonds is 5. The SMILES string of the molecule is COc1cc([N+](=O)[O-])ccc1NCc1cc(C#N)cs1. The van der Waals surface area contributed by atoms with Crippen molar-refractivity contribution in [1.29, 1.82) is 5.26 Å². The fourth-order valence-corrected chi connectivity index (χ4v) is 2.40. The number of ether oxygens (including phenoxy) is 1. The second-order valence-electron chi connectivity index (χ2n) is 3.91. The molecule has 0 spiro atoms. The molecular weight excluding hydrogens is 278 g/mol. The van der Waals surface area contributed by atoms with Crippen LogP contribution >= 0.6 is 11.3 Å². The lowest BCUT2D eigenvalue weighted by molar-refractivity contribution is -0.384. The quantitative estimate of drug-likeness (QED) is 0.674. The van der Waals surface area contributed by atoms with Gasteiger partial charge in [-0.3, -0.25) is 10.1 Å². The first-order chi connectivity index (χ1) is 9.63. The monoisotopic (exact) mass is 289 g/mol. The Labute approximate surface area is 119 Å². The Kier molecular flexibility index (Phi) is 4.17. The highest BCUT2D eigenvalue weighted by molar-refractivity contribution is 7.10. The maximum atomic E-state index is 10.7. The smallest absolute Gasteiger partial charge is 0.273 e. The molecule has 1 aromatic carbocycles. The van der Waals surface area contributed by atoms with E-state index in [1.165, 1.54) is 30.6 Å². The number of hydrogen-bond donors (Lipinski definition) is 1. The molecule has 0 bridgehead atoms. The van der Waals surface area contributed by atoms with Crippen LogP contribution in [0.15, 0.2) is 29.6 Å². The Hall–Kier alpha value is -2.59. The number of non-ortho nitro benzene ring substituents is 1. The minimum absolute atomic E-state index is 0.0182. The van der Waals surface area contributed by atoms with E-state index < -0.39 is 4.92 Å². The molecule has 0 aliphatic carbocycles. The van der Waals surface area contributed by atoms with E-state index in [4.69, 9.17) is 10.00 Å². The van der Waals surface area contributed by atoms with Crippen molar-refractivity contribution < 1.29 is 9.66 Å². The molecule has 1 N–H and O–H groups in total. The topological polar surface area (TPSA) is 88.2 Å². The molecule has 0 aliphatic rings. The second-order valence-corrected chi connectivity index (χ2v) is 4.90. The van der Waals surface area contributed by atoms with Crippen LogP contribution in [0.25, 0.3) is 0 Å². The average molecular weight is 289 g/mol. The molecule has 0 saturated heterocycles. The van der Waals surface area contributed by atoms with E-state index in [0.29, 0.717) is 23.5 Å². The van der Waals surface area contributed by atoms with Gasteiger partial charge in [0, 0.05) is 22.9 Å². The number of nitriles is 1. The molecule has 0 fully saturated rings. The van der Waals surface area contributed by atoms with Gasteiger partial charge < -0.3 is 10.1 Å². The molecule has 7 heteroatoms. The molecule has 0 unspecified atom stereocenters. The summed E-state index contributed by atoms with van der Waals surface area (Å²) in [4.78, 5) is 11.2. The molecule has 2 rings (SSSR count). The van der Waals surface area contributed by atoms with Crippen LogP contribution < -0.4 is 10.1 Å². The number of nitro benzene ring substituents is 1. The normalized spacial score (nSPS) is 9.80. The third kappa shape index (κ3) is 3.05. The van der Waals surface area contributed by atoms with Gasteiger partial charge in [0.1, 0.15) is 11.8 Å². The summed E-state index contributed by atoms with van der Waals surface area (Å²) in [5, 5.41) is 24.4. The van der Waals surface area contributed by atoms with Gasteiger partial charge in [0.25, 0.3) is 5.69 Å². The van der Waals surface area contributed by atoms with Gasteiger partial charge >= 0.3 is 0 Å². The Morgan fingerprint density at radius 1 is 1.50 bits per heavy atom. The number of methoxy groups -OCH3 is 1. The summed E-state index contributed by atoms with van der Waals surface area (Å²) in [7, 11) is 1.46. The molecule has 0 atom stereocenters. The molecule has 6 nitrogen and oxygen atoms in total. The third-order valence-corrected chi connectivity index (χ3v) is 3.57. The van der Waals surface area contributed by atoms with Gasteiger partial charge in [-0.25, -0.2) is 0 Å². The van der Waals surface area contributed by atoms with Crippen LogP contribution in [0, 0.1) is 21.4 Å². The zero-order chi connectivity index (χ0) is 14.5. The van der Waals surface area contributed by atoms with Crippen LogP contribution in [-0.2, 0) is 6.54 Å². The Morgan fingerprint density at radius 2 is 2.30 bits per heavy atom. The number of nitrogens with zero attached hydrogens (tertiary/aromatic N) is 2. The fourth-order valence-electron chi connectivity index (χ4n) is 1.65. The van der Waals surface area contributed by atoms with Crippen molar-refractivity contribution >= 4 is 22.7 Å². The average Bonchev–Trinajstić information content (AvgIpc) is 2.92. The summed E-state index contributed by atoms with van der Waals surface area (Å²) in [5.41, 5.74) is 1.28. The highest BCUT2D eigenvalue weighted by atomic mass is 32.1. The van der Waals surface area contributed by atoms with Crippen LogP contribution in [0.5, 0.6) is 5.75 Å². The minimum atomic E-state index is -0.467. The largest absolute Gasteiger partial charge is 0.494 e. The molecule has 0 radical (unpaired) electrons. The number of nitro groups is 1. The summed E-state index contributed by atoms with van der Waals surface area (Å²) in [5.74, 6) is 0.413. The minimum Gasteiger partial charge on any atom is -0.494 e. The van der Waals surface area contributed by atoms with E-state index in [1.807, 2.05) is 0 Å². The number of thiophene rings is 1. The lowest BCUT2D eigenvalue weighted by atomic mass is 10.2. The number of anilines is 1. The molecular formula is C13H11N3O3S. The first-order valence-electron chi connectivity index (χ1n) is 5.68. The zero-order valence-electron chi connectivity index (χ0n) is 10.6. The summed E-state index contributed by atoms with van der Waals surface area (Å²) in [6, 6.07) is 8.27. The molecule has 0 amide bonds. The van der Waals surface area contributed by atoms with Gasteiger partial charge in [0.2, 0.25) is 0 Å². The predicted octanol–water partition coefficient (Wildman–Crippen LogP) is 3.15. The highest BCUT2D eigenvalue weighted by Gasteiger charge is 2.11. The number of nitrogens with one attached hydrogen (secondary N) is 1. The van der Waals surface area contributed by atoms with Crippen LogP contribution in [0.2, 0.25) is 0 Å². The van der Waals surface area contributed by atoms with E-state index in [1.54, 1.807) is 17.5 Å². The van der Waals surface area contributed by atoms with Crippen LogP contribution in [0.3, 0.4) is 0 Å².